The summed E-state index contributed by atoms with van der Waals surface area (Å²) in [6.07, 6.45) is 1.80. The molecule has 0 unspecified atom stereocenters. The van der Waals surface area contributed by atoms with Crippen LogP contribution in [0.5, 0.6) is 0 Å². The number of carbonyl (C=O) groups excluding carboxylic acids is 2. The second kappa shape index (κ2) is 11.4. The van der Waals surface area contributed by atoms with Gasteiger partial charge in [-0.05, 0) is 37.1 Å². The normalized spacial score (nSPS) is 16.7. The first kappa shape index (κ1) is 25.9. The van der Waals surface area contributed by atoms with Crippen molar-refractivity contribution in [3.8, 4) is 22.5 Å². The van der Waals surface area contributed by atoms with E-state index in [1.165, 1.54) is 0 Å². The van der Waals surface area contributed by atoms with Gasteiger partial charge in [-0.25, -0.2) is 9.61 Å². The number of piperidine rings is 1. The highest BCUT2D eigenvalue weighted by Crippen LogP contribution is 2.26. The third-order valence-electron chi connectivity index (χ3n) is 7.94. The zero-order valence-electron chi connectivity index (χ0n) is 22.6. The van der Waals surface area contributed by atoms with Crippen molar-refractivity contribution in [2.45, 2.75) is 25.8 Å². The molecule has 2 saturated heterocycles. The van der Waals surface area contributed by atoms with Crippen molar-refractivity contribution in [3.05, 3.63) is 89.7 Å². The van der Waals surface area contributed by atoms with Gasteiger partial charge < -0.3 is 9.80 Å². The number of likely N-dealkylation sites (tertiary alicyclic amines) is 1. The molecule has 40 heavy (non-hydrogen) atoms. The summed E-state index contributed by atoms with van der Waals surface area (Å²) in [5.41, 5.74) is 5.04. The number of aryl methyl sites for hydroxylation is 1. The number of carbonyl (C=O) groups is 2. The van der Waals surface area contributed by atoms with E-state index in [4.69, 9.17) is 9.61 Å². The van der Waals surface area contributed by atoms with E-state index in [-0.39, 0.29) is 11.8 Å². The summed E-state index contributed by atoms with van der Waals surface area (Å²) < 4.78 is 4.70. The molecule has 2 fully saturated rings. The lowest BCUT2D eigenvalue weighted by Gasteiger charge is -2.42. The Morgan fingerprint density at radius 3 is 1.80 bits per heavy atom. The highest BCUT2D eigenvalue weighted by Gasteiger charge is 2.32. The monoisotopic (exact) mass is 536 g/mol. The van der Waals surface area contributed by atoms with Crippen LogP contribution in [0.1, 0.15) is 39.4 Å². The van der Waals surface area contributed by atoms with Crippen LogP contribution in [0.2, 0.25) is 0 Å². The summed E-state index contributed by atoms with van der Waals surface area (Å²) in [7, 11) is 0. The molecule has 0 atom stereocenters. The van der Waals surface area contributed by atoms with Crippen LogP contribution in [0.25, 0.3) is 22.5 Å². The van der Waals surface area contributed by atoms with E-state index in [1.54, 1.807) is 6.92 Å². The molecule has 2 aliphatic rings. The summed E-state index contributed by atoms with van der Waals surface area (Å²) in [5, 5.41) is 7.49. The van der Waals surface area contributed by atoms with Crippen molar-refractivity contribution in [1.82, 2.24) is 30.0 Å². The lowest BCUT2D eigenvalue weighted by Crippen LogP contribution is -2.54. The van der Waals surface area contributed by atoms with Crippen molar-refractivity contribution in [2.24, 2.45) is 0 Å². The largest absolute Gasteiger partial charge is 0.337 e. The smallest absolute Gasteiger partial charge is 0.278 e. The standard InChI is InChI=1S/C31H32N6O3/c1-22-29(34-40-33-22)31(39)36-14-12-26(13-15-36)35-16-18-37(19-17-35)30(38)25-20-27(23-8-4-2-5-9-23)32-28(21-25)24-10-6-3-7-11-24/h2-11,20-21,26H,12-19H2,1H3. The topological polar surface area (TPSA) is 95.7 Å². The molecule has 9 heteroatoms. The highest BCUT2D eigenvalue weighted by atomic mass is 16.6. The summed E-state index contributed by atoms with van der Waals surface area (Å²) in [4.78, 5) is 37.6. The number of hydrogen-bond donors (Lipinski definition) is 0. The van der Waals surface area contributed by atoms with E-state index >= 15 is 0 Å². The Hall–Kier alpha value is -4.37. The fourth-order valence-corrected chi connectivity index (χ4v) is 5.65. The highest BCUT2D eigenvalue weighted by molar-refractivity contribution is 5.96. The average molecular weight is 537 g/mol. The molecular formula is C31H32N6O3. The molecule has 2 amide bonds. The number of hydrogen-bond acceptors (Lipinski definition) is 7. The van der Waals surface area contributed by atoms with Gasteiger partial charge in [-0.3, -0.25) is 14.5 Å². The third-order valence-corrected chi connectivity index (χ3v) is 7.94. The molecule has 4 aromatic rings. The maximum atomic E-state index is 13.7. The Morgan fingerprint density at radius 1 is 0.725 bits per heavy atom. The van der Waals surface area contributed by atoms with E-state index < -0.39 is 0 Å². The summed E-state index contributed by atoms with van der Waals surface area (Å²) in [6.45, 7) is 6.07. The number of benzene rings is 2. The van der Waals surface area contributed by atoms with Gasteiger partial charge in [0.1, 0.15) is 5.69 Å². The SMILES string of the molecule is Cc1nonc1C(=O)N1CCC(N2CCN(C(=O)c3cc(-c4ccccc4)nc(-c4ccccc4)c3)CC2)CC1. The molecule has 0 spiro atoms. The molecule has 0 bridgehead atoms. The number of amides is 2. The summed E-state index contributed by atoms with van der Waals surface area (Å²) in [6, 6.07) is 24.2. The van der Waals surface area contributed by atoms with Gasteiger partial charge in [-0.1, -0.05) is 65.8 Å². The van der Waals surface area contributed by atoms with Crippen LogP contribution < -0.4 is 0 Å². The molecule has 0 N–H and O–H groups in total. The number of piperazine rings is 1. The second-order valence-corrected chi connectivity index (χ2v) is 10.4. The minimum absolute atomic E-state index is 0.0356. The average Bonchev–Trinajstić information content (AvgIpc) is 3.46. The van der Waals surface area contributed by atoms with Crippen LogP contribution in [-0.4, -0.2) is 87.1 Å². The molecule has 0 radical (unpaired) electrons. The first-order chi connectivity index (χ1) is 19.6. The zero-order chi connectivity index (χ0) is 27.5. The van der Waals surface area contributed by atoms with Gasteiger partial charge >= 0.3 is 0 Å². The molecule has 2 aromatic carbocycles. The van der Waals surface area contributed by atoms with Crippen molar-refractivity contribution >= 4 is 11.8 Å². The van der Waals surface area contributed by atoms with Crippen molar-refractivity contribution < 1.29 is 14.2 Å². The van der Waals surface area contributed by atoms with Gasteiger partial charge in [0, 0.05) is 62.0 Å². The zero-order valence-corrected chi connectivity index (χ0v) is 22.6. The van der Waals surface area contributed by atoms with Crippen molar-refractivity contribution in [2.75, 3.05) is 39.3 Å². The Morgan fingerprint density at radius 2 is 1.27 bits per heavy atom. The number of aromatic nitrogens is 3. The maximum Gasteiger partial charge on any atom is 0.278 e. The second-order valence-electron chi connectivity index (χ2n) is 10.4. The number of pyridine rings is 1. The first-order valence-corrected chi connectivity index (χ1v) is 13.8. The van der Waals surface area contributed by atoms with Crippen LogP contribution in [0.15, 0.2) is 77.4 Å². The number of rotatable bonds is 5. The lowest BCUT2D eigenvalue weighted by atomic mass is 10.0. The fourth-order valence-electron chi connectivity index (χ4n) is 5.65. The Bertz CT molecular complexity index is 1420. The van der Waals surface area contributed by atoms with Crippen LogP contribution in [0, 0.1) is 6.92 Å². The molecule has 2 aromatic heterocycles. The predicted octanol–water partition coefficient (Wildman–Crippen LogP) is 4.17. The molecule has 2 aliphatic heterocycles. The molecule has 6 rings (SSSR count). The van der Waals surface area contributed by atoms with E-state index in [0.29, 0.717) is 49.2 Å². The van der Waals surface area contributed by atoms with Crippen molar-refractivity contribution in [3.63, 3.8) is 0 Å². The summed E-state index contributed by atoms with van der Waals surface area (Å²) in [5.74, 6) is -0.0804. The molecule has 204 valence electrons. The molecule has 0 saturated carbocycles. The van der Waals surface area contributed by atoms with Gasteiger partial charge in [0.15, 0.2) is 5.69 Å². The van der Waals surface area contributed by atoms with Gasteiger partial charge in [-0.15, -0.1) is 0 Å². The molecular weight excluding hydrogens is 504 g/mol. The summed E-state index contributed by atoms with van der Waals surface area (Å²) >= 11 is 0. The Balaban J connectivity index is 1.11. The van der Waals surface area contributed by atoms with E-state index in [2.05, 4.69) is 15.2 Å². The molecule has 4 heterocycles. The minimum atomic E-state index is -0.116. The van der Waals surface area contributed by atoms with Gasteiger partial charge in [0.05, 0.1) is 11.4 Å². The van der Waals surface area contributed by atoms with Crippen LogP contribution >= 0.6 is 0 Å². The van der Waals surface area contributed by atoms with E-state index in [1.807, 2.05) is 82.6 Å². The van der Waals surface area contributed by atoms with Gasteiger partial charge in [0.25, 0.3) is 11.8 Å². The van der Waals surface area contributed by atoms with Crippen LogP contribution in [0.3, 0.4) is 0 Å². The van der Waals surface area contributed by atoms with Gasteiger partial charge in [0.2, 0.25) is 0 Å². The lowest BCUT2D eigenvalue weighted by molar-refractivity contribution is 0.0408. The molecule has 0 aliphatic carbocycles. The Labute approximate surface area is 233 Å². The minimum Gasteiger partial charge on any atom is -0.337 e. The maximum absolute atomic E-state index is 13.7. The van der Waals surface area contributed by atoms with Crippen LogP contribution in [-0.2, 0) is 0 Å². The quantitative estimate of drug-likeness (QED) is 0.378. The third kappa shape index (κ3) is 5.37. The van der Waals surface area contributed by atoms with E-state index in [0.717, 1.165) is 48.4 Å². The number of nitrogens with zero attached hydrogens (tertiary/aromatic N) is 6. The van der Waals surface area contributed by atoms with Gasteiger partial charge in [-0.2, -0.15) is 0 Å². The van der Waals surface area contributed by atoms with E-state index in [9.17, 15) is 9.59 Å². The molecule has 9 nitrogen and oxygen atoms in total. The van der Waals surface area contributed by atoms with Crippen molar-refractivity contribution in [1.29, 1.82) is 0 Å². The van der Waals surface area contributed by atoms with Crippen LogP contribution in [0.4, 0.5) is 0 Å². The fraction of sp³-hybridized carbons (Fsp3) is 0.323. The predicted molar refractivity (Wildman–Crippen MR) is 151 cm³/mol. The Kier molecular flexibility index (Phi) is 7.37. The first-order valence-electron chi connectivity index (χ1n) is 13.8.